The SMILES string of the molecule is CC(Cc1ccccc1Br)NC(=O)C[C@@H]1CCC[C@H]1N.Cl. The van der Waals surface area contributed by atoms with Crippen LogP contribution in [0.2, 0.25) is 0 Å². The van der Waals surface area contributed by atoms with Gasteiger partial charge in [0.05, 0.1) is 0 Å². The van der Waals surface area contributed by atoms with Crippen molar-refractivity contribution >= 4 is 34.2 Å². The second-order valence-electron chi connectivity index (χ2n) is 5.82. The molecule has 1 aliphatic rings. The molecule has 0 bridgehead atoms. The average molecular weight is 376 g/mol. The average Bonchev–Trinajstić information content (AvgIpc) is 2.77. The number of hydrogen-bond donors (Lipinski definition) is 2. The van der Waals surface area contributed by atoms with Gasteiger partial charge in [-0.25, -0.2) is 0 Å². The Kier molecular flexibility index (Phi) is 7.71. The summed E-state index contributed by atoms with van der Waals surface area (Å²) in [5, 5.41) is 3.09. The lowest BCUT2D eigenvalue weighted by Crippen LogP contribution is -2.37. The van der Waals surface area contributed by atoms with E-state index in [0.717, 1.165) is 30.2 Å². The summed E-state index contributed by atoms with van der Waals surface area (Å²) in [7, 11) is 0. The maximum Gasteiger partial charge on any atom is 0.220 e. The van der Waals surface area contributed by atoms with E-state index in [1.165, 1.54) is 5.56 Å². The summed E-state index contributed by atoms with van der Waals surface area (Å²) < 4.78 is 1.10. The van der Waals surface area contributed by atoms with Crippen LogP contribution in [0.1, 0.15) is 38.2 Å². The summed E-state index contributed by atoms with van der Waals surface area (Å²) in [4.78, 5) is 12.1. The predicted molar refractivity (Wildman–Crippen MR) is 92.6 cm³/mol. The van der Waals surface area contributed by atoms with Crippen LogP contribution in [0.5, 0.6) is 0 Å². The molecule has 1 aliphatic carbocycles. The number of halogens is 2. The van der Waals surface area contributed by atoms with Gasteiger partial charge >= 0.3 is 0 Å². The molecule has 21 heavy (non-hydrogen) atoms. The second-order valence-corrected chi connectivity index (χ2v) is 6.68. The molecule has 118 valence electrons. The minimum atomic E-state index is 0. The van der Waals surface area contributed by atoms with Gasteiger partial charge in [-0.2, -0.15) is 0 Å². The van der Waals surface area contributed by atoms with Gasteiger partial charge in [0.15, 0.2) is 0 Å². The summed E-state index contributed by atoms with van der Waals surface area (Å²) in [5.74, 6) is 0.498. The van der Waals surface area contributed by atoms with Gasteiger partial charge in [-0.05, 0) is 43.7 Å². The number of carbonyl (C=O) groups excluding carboxylic acids is 1. The first kappa shape index (κ1) is 18.5. The number of rotatable bonds is 5. The van der Waals surface area contributed by atoms with Crippen molar-refractivity contribution in [3.05, 3.63) is 34.3 Å². The maximum atomic E-state index is 12.1. The zero-order valence-corrected chi connectivity index (χ0v) is 14.8. The number of nitrogens with one attached hydrogen (secondary N) is 1. The van der Waals surface area contributed by atoms with Crippen molar-refractivity contribution in [3.8, 4) is 0 Å². The van der Waals surface area contributed by atoms with E-state index in [4.69, 9.17) is 5.73 Å². The summed E-state index contributed by atoms with van der Waals surface area (Å²) in [5.41, 5.74) is 7.24. The van der Waals surface area contributed by atoms with Crippen molar-refractivity contribution in [1.82, 2.24) is 5.32 Å². The smallest absolute Gasteiger partial charge is 0.220 e. The van der Waals surface area contributed by atoms with Gasteiger partial charge in [0.25, 0.3) is 0 Å². The fourth-order valence-corrected chi connectivity index (χ4v) is 3.38. The van der Waals surface area contributed by atoms with E-state index in [9.17, 15) is 4.79 Å². The Balaban J connectivity index is 0.00000220. The van der Waals surface area contributed by atoms with Crippen molar-refractivity contribution in [3.63, 3.8) is 0 Å². The van der Waals surface area contributed by atoms with Crippen LogP contribution in [0.25, 0.3) is 0 Å². The normalized spacial score (nSPS) is 22.4. The summed E-state index contributed by atoms with van der Waals surface area (Å²) >= 11 is 3.54. The highest BCUT2D eigenvalue weighted by Gasteiger charge is 2.26. The molecule has 0 saturated heterocycles. The van der Waals surface area contributed by atoms with Crippen LogP contribution in [0, 0.1) is 5.92 Å². The Bertz CT molecular complexity index is 469. The largest absolute Gasteiger partial charge is 0.353 e. The van der Waals surface area contributed by atoms with E-state index in [-0.39, 0.29) is 30.4 Å². The molecule has 0 aromatic heterocycles. The molecule has 1 aromatic carbocycles. The Morgan fingerprint density at radius 1 is 1.43 bits per heavy atom. The number of nitrogens with two attached hydrogens (primary N) is 1. The molecule has 3 atom stereocenters. The lowest BCUT2D eigenvalue weighted by atomic mass is 9.99. The topological polar surface area (TPSA) is 55.1 Å². The Morgan fingerprint density at radius 2 is 2.14 bits per heavy atom. The summed E-state index contributed by atoms with van der Waals surface area (Å²) in [6.07, 6.45) is 4.72. The summed E-state index contributed by atoms with van der Waals surface area (Å²) in [6, 6.07) is 8.48. The van der Waals surface area contributed by atoms with Crippen molar-refractivity contribution in [1.29, 1.82) is 0 Å². The Labute approximate surface area is 141 Å². The minimum absolute atomic E-state index is 0. The fraction of sp³-hybridized carbons (Fsp3) is 0.562. The van der Waals surface area contributed by atoms with Gasteiger partial charge in [-0.3, -0.25) is 4.79 Å². The van der Waals surface area contributed by atoms with Gasteiger partial charge in [0.2, 0.25) is 5.91 Å². The molecule has 0 aliphatic heterocycles. The van der Waals surface area contributed by atoms with Crippen LogP contribution in [0.15, 0.2) is 28.7 Å². The second kappa shape index (κ2) is 8.76. The van der Waals surface area contributed by atoms with Crippen LogP contribution in [-0.4, -0.2) is 18.0 Å². The monoisotopic (exact) mass is 374 g/mol. The number of benzene rings is 1. The number of amides is 1. The predicted octanol–water partition coefficient (Wildman–Crippen LogP) is 3.44. The third-order valence-electron chi connectivity index (χ3n) is 4.06. The first-order valence-corrected chi connectivity index (χ1v) is 8.14. The molecular formula is C16H24BrClN2O. The molecule has 0 radical (unpaired) electrons. The lowest BCUT2D eigenvalue weighted by Gasteiger charge is -2.18. The van der Waals surface area contributed by atoms with Crippen LogP contribution >= 0.6 is 28.3 Å². The van der Waals surface area contributed by atoms with Gasteiger partial charge in [0, 0.05) is 23.0 Å². The highest BCUT2D eigenvalue weighted by atomic mass is 79.9. The Hall–Kier alpha value is -0.580. The number of carbonyl (C=O) groups is 1. The molecule has 1 unspecified atom stereocenters. The van der Waals surface area contributed by atoms with Crippen molar-refractivity contribution in [2.75, 3.05) is 0 Å². The standard InChI is InChI=1S/C16H23BrN2O.ClH/c1-11(9-12-5-2-3-7-14(12)17)19-16(20)10-13-6-4-8-15(13)18;/h2-3,5,7,11,13,15H,4,6,8-10,18H2,1H3,(H,19,20);1H/t11?,13-,15+;/m0./s1. The molecule has 0 heterocycles. The highest BCUT2D eigenvalue weighted by molar-refractivity contribution is 9.10. The Morgan fingerprint density at radius 3 is 2.76 bits per heavy atom. The van der Waals surface area contributed by atoms with Crippen LogP contribution < -0.4 is 11.1 Å². The van der Waals surface area contributed by atoms with Gasteiger partial charge in [0.1, 0.15) is 0 Å². The third kappa shape index (κ3) is 5.61. The molecule has 1 aromatic rings. The van der Waals surface area contributed by atoms with E-state index in [1.807, 2.05) is 25.1 Å². The first-order chi connectivity index (χ1) is 9.56. The minimum Gasteiger partial charge on any atom is -0.353 e. The zero-order chi connectivity index (χ0) is 14.5. The van der Waals surface area contributed by atoms with Crippen molar-refractivity contribution in [2.45, 2.75) is 51.1 Å². The molecule has 1 amide bonds. The van der Waals surface area contributed by atoms with E-state index in [2.05, 4.69) is 27.3 Å². The van der Waals surface area contributed by atoms with E-state index < -0.39 is 0 Å². The fourth-order valence-electron chi connectivity index (χ4n) is 2.94. The van der Waals surface area contributed by atoms with Crippen molar-refractivity contribution < 1.29 is 4.79 Å². The van der Waals surface area contributed by atoms with Gasteiger partial charge in [-0.15, -0.1) is 12.4 Å². The molecular weight excluding hydrogens is 352 g/mol. The third-order valence-corrected chi connectivity index (χ3v) is 4.83. The molecule has 5 heteroatoms. The van der Waals surface area contributed by atoms with E-state index >= 15 is 0 Å². The van der Waals surface area contributed by atoms with Crippen molar-refractivity contribution in [2.24, 2.45) is 11.7 Å². The van der Waals surface area contributed by atoms with Crippen LogP contribution in [-0.2, 0) is 11.2 Å². The molecule has 1 fully saturated rings. The highest BCUT2D eigenvalue weighted by Crippen LogP contribution is 2.26. The van der Waals surface area contributed by atoms with E-state index in [0.29, 0.717) is 12.3 Å². The quantitative estimate of drug-likeness (QED) is 0.828. The van der Waals surface area contributed by atoms with E-state index in [1.54, 1.807) is 0 Å². The van der Waals surface area contributed by atoms with Crippen LogP contribution in [0.4, 0.5) is 0 Å². The maximum absolute atomic E-state index is 12.1. The van der Waals surface area contributed by atoms with Gasteiger partial charge < -0.3 is 11.1 Å². The molecule has 3 N–H and O–H groups in total. The molecule has 2 rings (SSSR count). The molecule has 3 nitrogen and oxygen atoms in total. The lowest BCUT2D eigenvalue weighted by molar-refractivity contribution is -0.122. The summed E-state index contributed by atoms with van der Waals surface area (Å²) in [6.45, 7) is 2.05. The van der Waals surface area contributed by atoms with Gasteiger partial charge in [-0.1, -0.05) is 40.5 Å². The molecule has 1 saturated carbocycles. The zero-order valence-electron chi connectivity index (χ0n) is 12.3. The number of hydrogen-bond acceptors (Lipinski definition) is 2. The molecule has 0 spiro atoms. The first-order valence-electron chi connectivity index (χ1n) is 7.34. The van der Waals surface area contributed by atoms with Crippen LogP contribution in [0.3, 0.4) is 0 Å².